The van der Waals surface area contributed by atoms with Gasteiger partial charge in [0, 0.05) is 56.7 Å². The topological polar surface area (TPSA) is 53.4 Å². The first-order valence-corrected chi connectivity index (χ1v) is 8.55. The van der Waals surface area contributed by atoms with Crippen molar-refractivity contribution in [1.82, 2.24) is 20.0 Å². The lowest BCUT2D eigenvalue weighted by atomic mass is 10.2. The van der Waals surface area contributed by atoms with Crippen LogP contribution in [0.3, 0.4) is 0 Å². The summed E-state index contributed by atoms with van der Waals surface area (Å²) in [6.45, 7) is 5.44. The van der Waals surface area contributed by atoms with Gasteiger partial charge in [0.15, 0.2) is 0 Å². The van der Waals surface area contributed by atoms with E-state index >= 15 is 0 Å². The number of carbonyl (C=O) groups excluding carboxylic acids is 1. The van der Waals surface area contributed by atoms with E-state index in [1.54, 1.807) is 23.0 Å². The highest BCUT2D eigenvalue weighted by atomic mass is 19.1. The van der Waals surface area contributed by atoms with Crippen LogP contribution in [-0.4, -0.2) is 46.9 Å². The summed E-state index contributed by atoms with van der Waals surface area (Å²) in [4.78, 5) is 16.5. The molecule has 0 spiro atoms. The molecule has 1 N–H and O–H groups in total. The van der Waals surface area contributed by atoms with Crippen LogP contribution in [0.1, 0.15) is 17.7 Å². The Hall–Kier alpha value is -2.57. The third kappa shape index (κ3) is 4.10. The average molecular weight is 345 g/mol. The molecule has 1 aromatic carbocycles. The highest BCUT2D eigenvalue weighted by Gasteiger charge is 2.19. The summed E-state index contributed by atoms with van der Waals surface area (Å²) in [6.07, 6.45) is 2.67. The first-order chi connectivity index (χ1) is 12.0. The van der Waals surface area contributed by atoms with E-state index in [-0.39, 0.29) is 11.8 Å². The SMILES string of the molecule is Cc1c(CNC(=O)N2CCCN(c3ccc(F)cc3)CC2)cnn1C. The maximum Gasteiger partial charge on any atom is 0.317 e. The predicted octanol–water partition coefficient (Wildman–Crippen LogP) is 2.29. The summed E-state index contributed by atoms with van der Waals surface area (Å²) < 4.78 is 14.9. The van der Waals surface area contributed by atoms with Crippen LogP contribution in [0.25, 0.3) is 0 Å². The number of benzene rings is 1. The van der Waals surface area contributed by atoms with Crippen molar-refractivity contribution >= 4 is 11.7 Å². The molecular weight excluding hydrogens is 321 g/mol. The van der Waals surface area contributed by atoms with Gasteiger partial charge in [-0.15, -0.1) is 0 Å². The monoisotopic (exact) mass is 345 g/mol. The summed E-state index contributed by atoms with van der Waals surface area (Å²) in [5, 5.41) is 7.17. The van der Waals surface area contributed by atoms with Crippen LogP contribution < -0.4 is 10.2 Å². The van der Waals surface area contributed by atoms with Crippen molar-refractivity contribution < 1.29 is 9.18 Å². The van der Waals surface area contributed by atoms with E-state index in [2.05, 4.69) is 15.3 Å². The van der Waals surface area contributed by atoms with Crippen molar-refractivity contribution in [3.05, 3.63) is 47.5 Å². The minimum absolute atomic E-state index is 0.0517. The van der Waals surface area contributed by atoms with Crippen LogP contribution in [0.15, 0.2) is 30.5 Å². The molecule has 0 saturated carbocycles. The molecule has 1 saturated heterocycles. The Kier molecular flexibility index (Phi) is 5.21. The molecule has 0 radical (unpaired) electrons. The normalized spacial score (nSPS) is 15.2. The van der Waals surface area contributed by atoms with Crippen molar-refractivity contribution in [3.8, 4) is 0 Å². The smallest absolute Gasteiger partial charge is 0.317 e. The van der Waals surface area contributed by atoms with E-state index in [4.69, 9.17) is 0 Å². The third-order valence-electron chi connectivity index (χ3n) is 4.74. The number of nitrogens with one attached hydrogen (secondary N) is 1. The molecule has 1 fully saturated rings. The number of nitrogens with zero attached hydrogens (tertiary/aromatic N) is 4. The van der Waals surface area contributed by atoms with Crippen molar-refractivity contribution in [2.75, 3.05) is 31.1 Å². The van der Waals surface area contributed by atoms with Crippen LogP contribution >= 0.6 is 0 Å². The third-order valence-corrected chi connectivity index (χ3v) is 4.74. The lowest BCUT2D eigenvalue weighted by molar-refractivity contribution is 0.201. The van der Waals surface area contributed by atoms with Gasteiger partial charge in [-0.3, -0.25) is 4.68 Å². The Bertz CT molecular complexity index is 728. The van der Waals surface area contributed by atoms with Crippen molar-refractivity contribution in [2.24, 2.45) is 7.05 Å². The van der Waals surface area contributed by atoms with E-state index in [0.717, 1.165) is 43.0 Å². The zero-order valence-corrected chi connectivity index (χ0v) is 14.7. The molecule has 7 heteroatoms. The first kappa shape index (κ1) is 17.3. The van der Waals surface area contributed by atoms with Gasteiger partial charge in [-0.25, -0.2) is 9.18 Å². The molecule has 1 aromatic heterocycles. The predicted molar refractivity (Wildman–Crippen MR) is 95.0 cm³/mol. The molecule has 0 bridgehead atoms. The minimum Gasteiger partial charge on any atom is -0.370 e. The number of rotatable bonds is 3. The van der Waals surface area contributed by atoms with E-state index in [1.807, 2.05) is 18.9 Å². The number of aromatic nitrogens is 2. The van der Waals surface area contributed by atoms with Crippen LogP contribution in [0.5, 0.6) is 0 Å². The van der Waals surface area contributed by atoms with E-state index in [9.17, 15) is 9.18 Å². The number of halogens is 1. The fraction of sp³-hybridized carbons (Fsp3) is 0.444. The Morgan fingerprint density at radius 3 is 2.64 bits per heavy atom. The summed E-state index contributed by atoms with van der Waals surface area (Å²) in [5.74, 6) is -0.231. The van der Waals surface area contributed by atoms with Crippen LogP contribution in [0.2, 0.25) is 0 Å². The van der Waals surface area contributed by atoms with Gasteiger partial charge in [-0.1, -0.05) is 0 Å². The second-order valence-electron chi connectivity index (χ2n) is 6.34. The average Bonchev–Trinajstić information content (AvgIpc) is 2.81. The highest BCUT2D eigenvalue weighted by molar-refractivity contribution is 5.74. The number of urea groups is 1. The molecule has 3 rings (SSSR count). The molecule has 1 aliphatic heterocycles. The van der Waals surface area contributed by atoms with Crippen molar-refractivity contribution in [1.29, 1.82) is 0 Å². The fourth-order valence-corrected chi connectivity index (χ4v) is 3.03. The van der Waals surface area contributed by atoms with Gasteiger partial charge >= 0.3 is 6.03 Å². The summed E-state index contributed by atoms with van der Waals surface area (Å²) in [7, 11) is 1.89. The summed E-state index contributed by atoms with van der Waals surface area (Å²) in [5.41, 5.74) is 3.08. The fourth-order valence-electron chi connectivity index (χ4n) is 3.03. The van der Waals surface area contributed by atoms with E-state index in [0.29, 0.717) is 13.1 Å². The Morgan fingerprint density at radius 2 is 1.96 bits per heavy atom. The number of anilines is 1. The number of amides is 2. The molecule has 6 nitrogen and oxygen atoms in total. The van der Waals surface area contributed by atoms with Gasteiger partial charge in [0.2, 0.25) is 0 Å². The molecule has 0 unspecified atom stereocenters. The molecule has 25 heavy (non-hydrogen) atoms. The molecule has 1 aliphatic rings. The van der Waals surface area contributed by atoms with Crippen LogP contribution in [-0.2, 0) is 13.6 Å². The summed E-state index contributed by atoms with van der Waals surface area (Å²) >= 11 is 0. The van der Waals surface area contributed by atoms with E-state index < -0.39 is 0 Å². The molecule has 0 aliphatic carbocycles. The van der Waals surface area contributed by atoms with Gasteiger partial charge in [0.25, 0.3) is 0 Å². The largest absolute Gasteiger partial charge is 0.370 e. The molecule has 2 aromatic rings. The Balaban J connectivity index is 1.54. The minimum atomic E-state index is -0.231. The highest BCUT2D eigenvalue weighted by Crippen LogP contribution is 2.17. The lowest BCUT2D eigenvalue weighted by Gasteiger charge is -2.24. The molecule has 2 heterocycles. The first-order valence-electron chi connectivity index (χ1n) is 8.55. The second-order valence-corrected chi connectivity index (χ2v) is 6.34. The molecule has 2 amide bonds. The molecule has 0 atom stereocenters. The van der Waals surface area contributed by atoms with Crippen molar-refractivity contribution in [2.45, 2.75) is 19.9 Å². The zero-order chi connectivity index (χ0) is 17.8. The quantitative estimate of drug-likeness (QED) is 0.929. The molecule has 134 valence electrons. The van der Waals surface area contributed by atoms with Gasteiger partial charge in [0.1, 0.15) is 5.82 Å². The second kappa shape index (κ2) is 7.55. The number of aryl methyl sites for hydroxylation is 1. The van der Waals surface area contributed by atoms with Gasteiger partial charge in [-0.05, 0) is 37.6 Å². The van der Waals surface area contributed by atoms with Gasteiger partial charge in [0.05, 0.1) is 6.20 Å². The maximum atomic E-state index is 13.1. The zero-order valence-electron chi connectivity index (χ0n) is 14.7. The molecular formula is C18H24FN5O. The van der Waals surface area contributed by atoms with Crippen LogP contribution in [0.4, 0.5) is 14.9 Å². The number of hydrogen-bond acceptors (Lipinski definition) is 3. The van der Waals surface area contributed by atoms with Crippen LogP contribution in [0, 0.1) is 12.7 Å². The van der Waals surface area contributed by atoms with Gasteiger partial charge in [-0.2, -0.15) is 5.10 Å². The van der Waals surface area contributed by atoms with E-state index in [1.165, 1.54) is 12.1 Å². The van der Waals surface area contributed by atoms with Gasteiger partial charge < -0.3 is 15.1 Å². The summed E-state index contributed by atoms with van der Waals surface area (Å²) in [6, 6.07) is 6.47. The Labute approximate surface area is 147 Å². The number of hydrogen-bond donors (Lipinski definition) is 1. The number of carbonyl (C=O) groups is 1. The maximum absolute atomic E-state index is 13.1. The Morgan fingerprint density at radius 1 is 1.20 bits per heavy atom. The standard InChI is InChI=1S/C18H24FN5O/c1-14-15(13-21-22(14)2)12-20-18(25)24-9-3-8-23(10-11-24)17-6-4-16(19)5-7-17/h4-7,13H,3,8-12H2,1-2H3,(H,20,25). The van der Waals surface area contributed by atoms with Crippen molar-refractivity contribution in [3.63, 3.8) is 0 Å². The lowest BCUT2D eigenvalue weighted by Crippen LogP contribution is -2.41.